The molecule has 102 valence electrons. The van der Waals surface area contributed by atoms with Gasteiger partial charge in [-0.25, -0.2) is 0 Å². The Labute approximate surface area is 151 Å². The van der Waals surface area contributed by atoms with Crippen molar-refractivity contribution >= 4 is 80.8 Å². The van der Waals surface area contributed by atoms with E-state index in [1.54, 1.807) is 11.3 Å². The third-order valence-electron chi connectivity index (χ3n) is 3.09. The highest BCUT2D eigenvalue weighted by molar-refractivity contribution is 9.11. The number of benzene rings is 2. The first-order valence-corrected chi connectivity index (χ1v) is 9.52. The summed E-state index contributed by atoms with van der Waals surface area (Å²) in [6.07, 6.45) is 0. The van der Waals surface area contributed by atoms with E-state index in [9.17, 15) is 0 Å². The standard InChI is InChI=1S/C15H8Br3ClS/c16-8-4-5-10(13(18)6-8)14(19)11-7-20-15-9(11)2-1-3-12(15)17/h1-7,14H. The van der Waals surface area contributed by atoms with Crippen LogP contribution in [-0.4, -0.2) is 0 Å². The fourth-order valence-electron chi connectivity index (χ4n) is 2.11. The number of thiophene rings is 1. The van der Waals surface area contributed by atoms with Crippen LogP contribution < -0.4 is 0 Å². The Hall–Kier alpha value is 0.130. The summed E-state index contributed by atoms with van der Waals surface area (Å²) in [5.74, 6) is 0. The van der Waals surface area contributed by atoms with Crippen LogP contribution in [0.3, 0.4) is 0 Å². The zero-order chi connectivity index (χ0) is 14.3. The number of alkyl halides is 1. The molecule has 0 radical (unpaired) electrons. The Balaban J connectivity index is 2.13. The maximum Gasteiger partial charge on any atom is 0.0860 e. The molecule has 5 heteroatoms. The molecule has 0 aliphatic heterocycles. The Bertz CT molecular complexity index is 782. The third kappa shape index (κ3) is 2.73. The molecule has 0 saturated heterocycles. The average Bonchev–Trinajstić information content (AvgIpc) is 2.83. The van der Waals surface area contributed by atoms with E-state index in [2.05, 4.69) is 65.3 Å². The minimum Gasteiger partial charge on any atom is -0.142 e. The van der Waals surface area contributed by atoms with Crippen molar-refractivity contribution in [3.63, 3.8) is 0 Å². The highest BCUT2D eigenvalue weighted by Gasteiger charge is 2.18. The molecule has 3 rings (SSSR count). The van der Waals surface area contributed by atoms with Gasteiger partial charge in [0.15, 0.2) is 0 Å². The zero-order valence-electron chi connectivity index (χ0n) is 10.0. The molecule has 1 atom stereocenters. The van der Waals surface area contributed by atoms with E-state index in [4.69, 9.17) is 11.6 Å². The minimum absolute atomic E-state index is 0.166. The zero-order valence-corrected chi connectivity index (χ0v) is 16.4. The fraction of sp³-hybridized carbons (Fsp3) is 0.0667. The summed E-state index contributed by atoms with van der Waals surface area (Å²) in [5.41, 5.74) is 2.23. The lowest BCUT2D eigenvalue weighted by atomic mass is 10.0. The smallest absolute Gasteiger partial charge is 0.0860 e. The summed E-state index contributed by atoms with van der Waals surface area (Å²) in [6.45, 7) is 0. The molecule has 0 fully saturated rings. The van der Waals surface area contributed by atoms with Crippen LogP contribution in [-0.2, 0) is 0 Å². The van der Waals surface area contributed by atoms with Crippen LogP contribution in [0.15, 0.2) is 55.2 Å². The van der Waals surface area contributed by atoms with Crippen molar-refractivity contribution in [2.75, 3.05) is 0 Å². The predicted octanol–water partition coefficient (Wildman–Crippen LogP) is 7.52. The van der Waals surface area contributed by atoms with Gasteiger partial charge in [-0.2, -0.15) is 0 Å². The van der Waals surface area contributed by atoms with Gasteiger partial charge in [-0.15, -0.1) is 22.9 Å². The molecule has 0 spiro atoms. The molecule has 20 heavy (non-hydrogen) atoms. The molecule has 0 N–H and O–H groups in total. The number of halogens is 4. The van der Waals surface area contributed by atoms with Crippen LogP contribution in [0.4, 0.5) is 0 Å². The van der Waals surface area contributed by atoms with Crippen molar-refractivity contribution in [2.24, 2.45) is 0 Å². The van der Waals surface area contributed by atoms with Crippen LogP contribution in [0.25, 0.3) is 10.1 Å². The molecule has 2 aromatic carbocycles. The Morgan fingerprint density at radius 3 is 2.50 bits per heavy atom. The molecule has 0 bridgehead atoms. The number of fused-ring (bicyclic) bond motifs is 1. The van der Waals surface area contributed by atoms with Crippen molar-refractivity contribution < 1.29 is 0 Å². The van der Waals surface area contributed by atoms with Gasteiger partial charge in [0.25, 0.3) is 0 Å². The van der Waals surface area contributed by atoms with Gasteiger partial charge >= 0.3 is 0 Å². The molecule has 0 nitrogen and oxygen atoms in total. The molecular weight excluding hydrogens is 487 g/mol. The molecular formula is C15H8Br3ClS. The number of hydrogen-bond donors (Lipinski definition) is 0. The second-order valence-electron chi connectivity index (χ2n) is 4.34. The third-order valence-corrected chi connectivity index (χ3v) is 6.71. The van der Waals surface area contributed by atoms with Crippen molar-refractivity contribution in [2.45, 2.75) is 5.38 Å². The monoisotopic (exact) mass is 492 g/mol. The molecule has 1 heterocycles. The van der Waals surface area contributed by atoms with Crippen LogP contribution in [0, 0.1) is 0 Å². The molecule has 1 aromatic heterocycles. The van der Waals surface area contributed by atoms with Gasteiger partial charge in [0.1, 0.15) is 0 Å². The lowest BCUT2D eigenvalue weighted by Crippen LogP contribution is -1.93. The lowest BCUT2D eigenvalue weighted by Gasteiger charge is -2.12. The molecule has 0 aliphatic rings. The van der Waals surface area contributed by atoms with E-state index in [-0.39, 0.29) is 5.38 Å². The average molecular weight is 495 g/mol. The topological polar surface area (TPSA) is 0 Å². The summed E-state index contributed by atoms with van der Waals surface area (Å²) in [7, 11) is 0. The van der Waals surface area contributed by atoms with Crippen molar-refractivity contribution in [1.29, 1.82) is 0 Å². The Morgan fingerprint density at radius 2 is 1.75 bits per heavy atom. The van der Waals surface area contributed by atoms with Gasteiger partial charge in [-0.1, -0.05) is 50.1 Å². The van der Waals surface area contributed by atoms with E-state index in [0.29, 0.717) is 0 Å². The SMILES string of the molecule is ClC(c1ccc(Br)cc1Br)c1csc2c(Br)cccc12. The maximum absolute atomic E-state index is 6.71. The second-order valence-corrected chi connectivity index (χ2v) is 8.28. The molecule has 0 amide bonds. The van der Waals surface area contributed by atoms with Crippen LogP contribution in [0.1, 0.15) is 16.5 Å². The first kappa shape index (κ1) is 15.0. The minimum atomic E-state index is -0.166. The van der Waals surface area contributed by atoms with Gasteiger partial charge in [0, 0.05) is 18.1 Å². The summed E-state index contributed by atoms with van der Waals surface area (Å²) in [5, 5.41) is 3.18. The normalized spacial score (nSPS) is 12.8. The number of rotatable bonds is 2. The molecule has 3 aromatic rings. The van der Waals surface area contributed by atoms with E-state index in [1.807, 2.05) is 24.3 Å². The van der Waals surface area contributed by atoms with Gasteiger partial charge < -0.3 is 0 Å². The molecule has 0 saturated carbocycles. The van der Waals surface area contributed by atoms with Gasteiger partial charge in [0.05, 0.1) is 5.38 Å². The fourth-order valence-corrected chi connectivity index (χ4v) is 5.61. The van der Waals surface area contributed by atoms with Crippen molar-refractivity contribution in [1.82, 2.24) is 0 Å². The van der Waals surface area contributed by atoms with E-state index < -0.39 is 0 Å². The summed E-state index contributed by atoms with van der Waals surface area (Å²) >= 11 is 19.1. The highest BCUT2D eigenvalue weighted by atomic mass is 79.9. The van der Waals surface area contributed by atoms with E-state index in [1.165, 1.54) is 10.1 Å². The Kier molecular flexibility index (Phi) is 4.58. The lowest BCUT2D eigenvalue weighted by molar-refractivity contribution is 1.15. The van der Waals surface area contributed by atoms with Crippen molar-refractivity contribution in [3.05, 3.63) is 66.3 Å². The predicted molar refractivity (Wildman–Crippen MR) is 99.1 cm³/mol. The maximum atomic E-state index is 6.71. The van der Waals surface area contributed by atoms with E-state index in [0.717, 1.165) is 24.5 Å². The van der Waals surface area contributed by atoms with Crippen LogP contribution in [0.2, 0.25) is 0 Å². The quantitative estimate of drug-likeness (QED) is 0.323. The first-order chi connectivity index (χ1) is 9.58. The van der Waals surface area contributed by atoms with Gasteiger partial charge in [-0.05, 0) is 56.0 Å². The van der Waals surface area contributed by atoms with E-state index >= 15 is 0 Å². The Morgan fingerprint density at radius 1 is 0.950 bits per heavy atom. The van der Waals surface area contributed by atoms with Crippen LogP contribution in [0.5, 0.6) is 0 Å². The van der Waals surface area contributed by atoms with Crippen LogP contribution >= 0.6 is 70.7 Å². The highest BCUT2D eigenvalue weighted by Crippen LogP contribution is 2.42. The van der Waals surface area contributed by atoms with Crippen molar-refractivity contribution in [3.8, 4) is 0 Å². The summed E-state index contributed by atoms with van der Waals surface area (Å²) in [6, 6.07) is 12.3. The number of hydrogen-bond acceptors (Lipinski definition) is 1. The molecule has 0 aliphatic carbocycles. The van der Waals surface area contributed by atoms with Gasteiger partial charge in [-0.3, -0.25) is 0 Å². The first-order valence-electron chi connectivity index (χ1n) is 5.82. The largest absolute Gasteiger partial charge is 0.142 e. The van der Waals surface area contributed by atoms with Gasteiger partial charge in [0.2, 0.25) is 0 Å². The summed E-state index contributed by atoms with van der Waals surface area (Å²) in [4.78, 5) is 0. The second kappa shape index (κ2) is 6.09. The summed E-state index contributed by atoms with van der Waals surface area (Å²) < 4.78 is 4.41. The molecule has 1 unspecified atom stereocenters.